The van der Waals surface area contributed by atoms with Gasteiger partial charge in [0.1, 0.15) is 5.69 Å². The molecular weight excluding hydrogens is 261 g/mol. The molecule has 106 valence electrons. The van der Waals surface area contributed by atoms with E-state index in [9.17, 15) is 13.2 Å². The molecule has 1 rings (SSSR count). The minimum absolute atomic E-state index is 0.0925. The Hall–Kier alpha value is -1.83. The number of halogens is 3. The van der Waals surface area contributed by atoms with Crippen LogP contribution in [-0.4, -0.2) is 40.7 Å². The number of amidine groups is 1. The average molecular weight is 276 g/mol. The molecule has 1 aromatic rings. The smallest absolute Gasteiger partial charge is 0.390 e. The predicted molar refractivity (Wildman–Crippen MR) is 63.8 cm³/mol. The van der Waals surface area contributed by atoms with E-state index in [4.69, 9.17) is 10.9 Å². The molecule has 0 atom stereocenters. The Morgan fingerprint density at radius 3 is 2.79 bits per heavy atom. The minimum atomic E-state index is -4.16. The van der Waals surface area contributed by atoms with Crippen molar-refractivity contribution in [2.45, 2.75) is 19.1 Å². The van der Waals surface area contributed by atoms with Crippen LogP contribution in [0.25, 0.3) is 0 Å². The number of rotatable bonds is 5. The summed E-state index contributed by atoms with van der Waals surface area (Å²) >= 11 is 0. The van der Waals surface area contributed by atoms with Gasteiger partial charge in [0, 0.05) is 19.3 Å². The van der Waals surface area contributed by atoms with E-state index >= 15 is 0 Å². The Morgan fingerprint density at radius 2 is 2.21 bits per heavy atom. The molecule has 1 aromatic heterocycles. The van der Waals surface area contributed by atoms with E-state index in [1.807, 2.05) is 0 Å². The first kappa shape index (κ1) is 15.2. The third kappa shape index (κ3) is 5.56. The molecule has 0 aromatic carbocycles. The summed E-state index contributed by atoms with van der Waals surface area (Å²) in [6.45, 7) is 0.231. The highest BCUT2D eigenvalue weighted by Crippen LogP contribution is 2.19. The quantitative estimate of drug-likeness (QED) is 0.370. The summed E-state index contributed by atoms with van der Waals surface area (Å²) in [6.07, 6.45) is -3.56. The minimum Gasteiger partial charge on any atom is -0.409 e. The van der Waals surface area contributed by atoms with Crippen LogP contribution < -0.4 is 5.73 Å². The lowest BCUT2D eigenvalue weighted by Gasteiger charge is -2.17. The molecule has 0 spiro atoms. The van der Waals surface area contributed by atoms with Crippen LogP contribution in [0.15, 0.2) is 23.5 Å². The van der Waals surface area contributed by atoms with E-state index in [2.05, 4.69) is 10.1 Å². The van der Waals surface area contributed by atoms with Gasteiger partial charge in [-0.3, -0.25) is 4.98 Å². The van der Waals surface area contributed by atoms with Crippen LogP contribution in [0.2, 0.25) is 0 Å². The van der Waals surface area contributed by atoms with Gasteiger partial charge in [-0.1, -0.05) is 5.16 Å². The average Bonchev–Trinajstić information content (AvgIpc) is 2.35. The summed E-state index contributed by atoms with van der Waals surface area (Å²) in [7, 11) is 1.59. The molecule has 1 heterocycles. The van der Waals surface area contributed by atoms with Crippen LogP contribution in [0.4, 0.5) is 13.2 Å². The van der Waals surface area contributed by atoms with Crippen LogP contribution in [0.5, 0.6) is 0 Å². The van der Waals surface area contributed by atoms with Crippen molar-refractivity contribution in [1.82, 2.24) is 9.88 Å². The van der Waals surface area contributed by atoms with E-state index < -0.39 is 12.6 Å². The fraction of sp³-hybridized carbons (Fsp3) is 0.455. The second-order valence-corrected chi connectivity index (χ2v) is 4.14. The van der Waals surface area contributed by atoms with E-state index in [1.165, 1.54) is 6.20 Å². The number of pyridine rings is 1. The van der Waals surface area contributed by atoms with Gasteiger partial charge in [-0.05, 0) is 24.7 Å². The molecular formula is C11H15F3N4O. The third-order valence-corrected chi connectivity index (χ3v) is 2.42. The number of hydrogen-bond donors (Lipinski definition) is 2. The van der Waals surface area contributed by atoms with Crippen LogP contribution in [-0.2, 0) is 6.54 Å². The fourth-order valence-corrected chi connectivity index (χ4v) is 1.47. The van der Waals surface area contributed by atoms with Gasteiger partial charge < -0.3 is 15.8 Å². The molecule has 19 heavy (non-hydrogen) atoms. The summed E-state index contributed by atoms with van der Waals surface area (Å²) in [4.78, 5) is 5.43. The number of hydrogen-bond acceptors (Lipinski definition) is 4. The van der Waals surface area contributed by atoms with Gasteiger partial charge in [0.15, 0.2) is 5.84 Å². The van der Waals surface area contributed by atoms with Crippen molar-refractivity contribution in [3.05, 3.63) is 29.6 Å². The summed E-state index contributed by atoms with van der Waals surface area (Å²) < 4.78 is 36.2. The fourth-order valence-electron chi connectivity index (χ4n) is 1.47. The van der Waals surface area contributed by atoms with Gasteiger partial charge in [-0.2, -0.15) is 13.2 Å². The number of nitrogens with zero attached hydrogens (tertiary/aromatic N) is 3. The van der Waals surface area contributed by atoms with Crippen LogP contribution in [0, 0.1) is 0 Å². The van der Waals surface area contributed by atoms with E-state index in [0.717, 1.165) is 5.56 Å². The molecule has 0 unspecified atom stereocenters. The lowest BCUT2D eigenvalue weighted by atomic mass is 10.2. The van der Waals surface area contributed by atoms with E-state index in [1.54, 1.807) is 24.1 Å². The first-order valence-electron chi connectivity index (χ1n) is 5.50. The van der Waals surface area contributed by atoms with E-state index in [-0.39, 0.29) is 18.1 Å². The molecule has 0 saturated heterocycles. The SMILES string of the molecule is CN(CCC(F)(F)F)Cc1ccnc(C(N)=NO)c1. The monoisotopic (exact) mass is 276 g/mol. The molecule has 0 saturated carbocycles. The van der Waals surface area contributed by atoms with E-state index in [0.29, 0.717) is 6.54 Å². The maximum absolute atomic E-state index is 12.1. The van der Waals surface area contributed by atoms with Gasteiger partial charge in [0.2, 0.25) is 0 Å². The zero-order valence-corrected chi connectivity index (χ0v) is 10.4. The number of alkyl halides is 3. The Balaban J connectivity index is 2.62. The summed E-state index contributed by atoms with van der Waals surface area (Å²) in [5.41, 5.74) is 6.40. The lowest BCUT2D eigenvalue weighted by molar-refractivity contribution is -0.137. The zero-order valence-electron chi connectivity index (χ0n) is 10.4. The molecule has 0 bridgehead atoms. The zero-order chi connectivity index (χ0) is 14.5. The second-order valence-electron chi connectivity index (χ2n) is 4.14. The number of aromatic nitrogens is 1. The normalized spacial score (nSPS) is 13.0. The summed E-state index contributed by atoms with van der Waals surface area (Å²) in [5.74, 6) is -0.139. The molecule has 0 aliphatic rings. The van der Waals surface area contributed by atoms with Crippen molar-refractivity contribution >= 4 is 5.84 Å². The largest absolute Gasteiger partial charge is 0.409 e. The van der Waals surface area contributed by atoms with Crippen LogP contribution in [0.3, 0.4) is 0 Å². The van der Waals surface area contributed by atoms with Crippen LogP contribution >= 0.6 is 0 Å². The number of oxime groups is 1. The highest BCUT2D eigenvalue weighted by atomic mass is 19.4. The Bertz CT molecular complexity index is 448. The standard InChI is InChI=1S/C11H15F3N4O/c1-18(5-3-11(12,13)14)7-8-2-4-16-9(6-8)10(15)17-19/h2,4,6,19H,3,5,7H2,1H3,(H2,15,17). The Labute approximate surface area is 108 Å². The van der Waals surface area contributed by atoms with Crippen molar-refractivity contribution in [3.63, 3.8) is 0 Å². The molecule has 0 fully saturated rings. The van der Waals surface area contributed by atoms with Crippen molar-refractivity contribution in [3.8, 4) is 0 Å². The van der Waals surface area contributed by atoms with Crippen molar-refractivity contribution in [2.75, 3.05) is 13.6 Å². The Morgan fingerprint density at radius 1 is 1.53 bits per heavy atom. The highest BCUT2D eigenvalue weighted by molar-refractivity contribution is 5.95. The van der Waals surface area contributed by atoms with Gasteiger partial charge >= 0.3 is 6.18 Å². The molecule has 0 radical (unpaired) electrons. The maximum atomic E-state index is 12.1. The maximum Gasteiger partial charge on any atom is 0.390 e. The summed E-state index contributed by atoms with van der Waals surface area (Å²) in [6, 6.07) is 3.23. The topological polar surface area (TPSA) is 74.7 Å². The third-order valence-electron chi connectivity index (χ3n) is 2.42. The molecule has 0 aliphatic carbocycles. The van der Waals surface area contributed by atoms with Gasteiger partial charge in [-0.25, -0.2) is 0 Å². The molecule has 3 N–H and O–H groups in total. The molecule has 0 aliphatic heterocycles. The van der Waals surface area contributed by atoms with Crippen LogP contribution in [0.1, 0.15) is 17.7 Å². The lowest BCUT2D eigenvalue weighted by Crippen LogP contribution is -2.24. The molecule has 0 amide bonds. The Kier molecular flexibility index (Phi) is 5.11. The molecule has 8 heteroatoms. The molecule has 5 nitrogen and oxygen atoms in total. The predicted octanol–water partition coefficient (Wildman–Crippen LogP) is 1.56. The number of nitrogens with two attached hydrogens (primary N) is 1. The van der Waals surface area contributed by atoms with Gasteiger partial charge in [0.05, 0.1) is 6.42 Å². The van der Waals surface area contributed by atoms with Gasteiger partial charge in [-0.15, -0.1) is 0 Å². The van der Waals surface area contributed by atoms with Crippen molar-refractivity contribution in [2.24, 2.45) is 10.9 Å². The van der Waals surface area contributed by atoms with Crippen molar-refractivity contribution in [1.29, 1.82) is 0 Å². The van der Waals surface area contributed by atoms with Crippen molar-refractivity contribution < 1.29 is 18.4 Å². The van der Waals surface area contributed by atoms with Gasteiger partial charge in [0.25, 0.3) is 0 Å². The second kappa shape index (κ2) is 6.37. The summed E-state index contributed by atoms with van der Waals surface area (Å²) in [5, 5.41) is 11.3. The highest BCUT2D eigenvalue weighted by Gasteiger charge is 2.27. The first-order chi connectivity index (χ1) is 8.81. The first-order valence-corrected chi connectivity index (χ1v) is 5.50.